The third-order valence-electron chi connectivity index (χ3n) is 4.02. The molecule has 0 saturated heterocycles. The van der Waals surface area contributed by atoms with Gasteiger partial charge in [0.15, 0.2) is 0 Å². The highest BCUT2D eigenvalue weighted by Gasteiger charge is 2.26. The highest BCUT2D eigenvalue weighted by molar-refractivity contribution is 5.70. The van der Waals surface area contributed by atoms with Crippen LogP contribution >= 0.6 is 0 Å². The van der Waals surface area contributed by atoms with Crippen LogP contribution in [0.4, 0.5) is 0 Å². The largest absolute Gasteiger partial charge is 0.490 e. The maximum Gasteiger partial charge on any atom is 0.332 e. The Labute approximate surface area is 141 Å². The van der Waals surface area contributed by atoms with E-state index >= 15 is 0 Å². The molecular formula is C18H24O6. The van der Waals surface area contributed by atoms with E-state index in [0.29, 0.717) is 26.1 Å². The number of ether oxygens (including phenoxy) is 3. The second-order valence-electron chi connectivity index (χ2n) is 5.87. The lowest BCUT2D eigenvalue weighted by Crippen LogP contribution is -2.27. The van der Waals surface area contributed by atoms with Crippen molar-refractivity contribution in [3.8, 4) is 5.75 Å². The van der Waals surface area contributed by atoms with Crippen molar-refractivity contribution in [3.63, 3.8) is 0 Å². The fourth-order valence-electron chi connectivity index (χ4n) is 2.78. The monoisotopic (exact) mass is 336 g/mol. The van der Waals surface area contributed by atoms with Crippen LogP contribution in [-0.4, -0.2) is 36.4 Å². The first kappa shape index (κ1) is 18.3. The average Bonchev–Trinajstić information content (AvgIpc) is 2.56. The summed E-state index contributed by atoms with van der Waals surface area (Å²) >= 11 is 0. The van der Waals surface area contributed by atoms with Gasteiger partial charge in [-0.15, -0.1) is 0 Å². The third kappa shape index (κ3) is 5.85. The number of carbonyl (C=O) groups excluding carboxylic acids is 1. The summed E-state index contributed by atoms with van der Waals surface area (Å²) in [6.07, 6.45) is 2.86. The van der Waals surface area contributed by atoms with E-state index < -0.39 is 5.97 Å². The third-order valence-corrected chi connectivity index (χ3v) is 4.02. The molecule has 1 aromatic carbocycles. The Morgan fingerprint density at radius 2 is 1.96 bits per heavy atom. The zero-order valence-corrected chi connectivity index (χ0v) is 13.9. The molecule has 1 aliphatic carbocycles. The summed E-state index contributed by atoms with van der Waals surface area (Å²) in [5, 5.41) is 9.02. The lowest BCUT2D eigenvalue weighted by atomic mass is 9.87. The van der Waals surface area contributed by atoms with Gasteiger partial charge in [-0.05, 0) is 50.3 Å². The van der Waals surface area contributed by atoms with Gasteiger partial charge in [-0.2, -0.15) is 0 Å². The smallest absolute Gasteiger partial charge is 0.332 e. The minimum Gasteiger partial charge on any atom is -0.490 e. The summed E-state index contributed by atoms with van der Waals surface area (Å²) in [6, 6.07) is 7.53. The summed E-state index contributed by atoms with van der Waals surface area (Å²) in [5.41, 5.74) is 0.913. The van der Waals surface area contributed by atoms with Gasteiger partial charge in [0.25, 0.3) is 0 Å². The van der Waals surface area contributed by atoms with Gasteiger partial charge in [-0.1, -0.05) is 12.1 Å². The van der Waals surface area contributed by atoms with E-state index in [0.717, 1.165) is 24.2 Å². The molecule has 1 aromatic rings. The van der Waals surface area contributed by atoms with Crippen molar-refractivity contribution in [2.45, 2.75) is 45.3 Å². The fraction of sp³-hybridized carbons (Fsp3) is 0.556. The maximum absolute atomic E-state index is 11.2. The Morgan fingerprint density at radius 1 is 1.21 bits per heavy atom. The number of carboxylic acid groups (broad SMARTS) is 1. The Hall–Kier alpha value is -2.08. The first-order valence-electron chi connectivity index (χ1n) is 8.30. The number of carboxylic acids is 1. The SMILES string of the molecule is CCOC(=O)COCc1cccc(OC2CCC(C(=O)O)CC2)c1. The molecule has 1 fully saturated rings. The number of aliphatic carboxylic acids is 1. The minimum atomic E-state index is -0.714. The van der Waals surface area contributed by atoms with Gasteiger partial charge in [0.1, 0.15) is 12.4 Å². The lowest BCUT2D eigenvalue weighted by molar-refractivity contribution is -0.149. The second-order valence-corrected chi connectivity index (χ2v) is 5.87. The number of esters is 1. The van der Waals surface area contributed by atoms with Crippen LogP contribution in [0.2, 0.25) is 0 Å². The summed E-state index contributed by atoms with van der Waals surface area (Å²) in [6.45, 7) is 2.33. The summed E-state index contributed by atoms with van der Waals surface area (Å²) in [4.78, 5) is 22.2. The predicted octanol–water partition coefficient (Wildman–Crippen LogP) is 2.79. The topological polar surface area (TPSA) is 82.1 Å². The first-order valence-corrected chi connectivity index (χ1v) is 8.30. The number of benzene rings is 1. The minimum absolute atomic E-state index is 0.0521. The molecule has 132 valence electrons. The summed E-state index contributed by atoms with van der Waals surface area (Å²) in [5.74, 6) is -0.590. The maximum atomic E-state index is 11.2. The molecule has 6 heteroatoms. The Morgan fingerprint density at radius 3 is 2.62 bits per heavy atom. The van der Waals surface area contributed by atoms with Crippen molar-refractivity contribution >= 4 is 11.9 Å². The van der Waals surface area contributed by atoms with Gasteiger partial charge in [0.2, 0.25) is 0 Å². The predicted molar refractivity (Wildman–Crippen MR) is 86.7 cm³/mol. The molecule has 0 amide bonds. The molecule has 0 radical (unpaired) electrons. The van der Waals surface area contributed by atoms with Gasteiger partial charge >= 0.3 is 11.9 Å². The van der Waals surface area contributed by atoms with Gasteiger partial charge in [0, 0.05) is 0 Å². The molecule has 6 nitrogen and oxygen atoms in total. The van der Waals surface area contributed by atoms with Crippen LogP contribution in [0.5, 0.6) is 5.75 Å². The first-order chi connectivity index (χ1) is 11.6. The zero-order chi connectivity index (χ0) is 17.4. The Bertz CT molecular complexity index is 548. The molecule has 1 N–H and O–H groups in total. The highest BCUT2D eigenvalue weighted by atomic mass is 16.6. The standard InChI is InChI=1S/C18H24O6/c1-2-23-17(19)12-22-11-13-4-3-5-16(10-13)24-15-8-6-14(7-9-15)18(20)21/h3-5,10,14-15H,2,6-9,11-12H2,1H3,(H,20,21). The van der Waals surface area contributed by atoms with Crippen LogP contribution in [-0.2, 0) is 25.7 Å². The molecule has 0 bridgehead atoms. The van der Waals surface area contributed by atoms with Crippen molar-refractivity contribution in [1.82, 2.24) is 0 Å². The van der Waals surface area contributed by atoms with Crippen LogP contribution in [0.1, 0.15) is 38.2 Å². The summed E-state index contributed by atoms with van der Waals surface area (Å²) in [7, 11) is 0. The van der Waals surface area contributed by atoms with Crippen molar-refractivity contribution < 1.29 is 28.9 Å². The summed E-state index contributed by atoms with van der Waals surface area (Å²) < 4.78 is 16.1. The van der Waals surface area contributed by atoms with Crippen LogP contribution in [0.25, 0.3) is 0 Å². The van der Waals surface area contributed by atoms with Crippen molar-refractivity contribution in [2.75, 3.05) is 13.2 Å². The molecule has 24 heavy (non-hydrogen) atoms. The van der Waals surface area contributed by atoms with E-state index in [1.54, 1.807) is 6.92 Å². The lowest BCUT2D eigenvalue weighted by Gasteiger charge is -2.26. The van der Waals surface area contributed by atoms with Gasteiger partial charge in [-0.3, -0.25) is 4.79 Å². The normalized spacial score (nSPS) is 20.4. The van der Waals surface area contributed by atoms with Crippen LogP contribution in [0.15, 0.2) is 24.3 Å². The fourth-order valence-corrected chi connectivity index (χ4v) is 2.78. The molecule has 0 aliphatic heterocycles. The zero-order valence-electron chi connectivity index (χ0n) is 13.9. The van der Waals surface area contributed by atoms with Crippen molar-refractivity contribution in [2.24, 2.45) is 5.92 Å². The van der Waals surface area contributed by atoms with Crippen molar-refractivity contribution in [3.05, 3.63) is 29.8 Å². The molecule has 0 aromatic heterocycles. The van der Waals surface area contributed by atoms with Gasteiger partial charge < -0.3 is 19.3 Å². The quantitative estimate of drug-likeness (QED) is 0.735. The number of hydrogen-bond acceptors (Lipinski definition) is 5. The van der Waals surface area contributed by atoms with E-state index in [-0.39, 0.29) is 24.6 Å². The highest BCUT2D eigenvalue weighted by Crippen LogP contribution is 2.28. The van der Waals surface area contributed by atoms with Gasteiger partial charge in [-0.25, -0.2) is 4.79 Å². The van der Waals surface area contributed by atoms with E-state index in [4.69, 9.17) is 19.3 Å². The van der Waals surface area contributed by atoms with E-state index in [9.17, 15) is 9.59 Å². The molecule has 0 atom stereocenters. The van der Waals surface area contributed by atoms with E-state index in [1.165, 1.54) is 0 Å². The average molecular weight is 336 g/mol. The molecule has 0 heterocycles. The molecule has 1 aliphatic rings. The van der Waals surface area contributed by atoms with E-state index in [1.807, 2.05) is 24.3 Å². The van der Waals surface area contributed by atoms with E-state index in [2.05, 4.69) is 0 Å². The molecule has 2 rings (SSSR count). The molecule has 1 saturated carbocycles. The van der Waals surface area contributed by atoms with Crippen LogP contribution in [0.3, 0.4) is 0 Å². The number of rotatable bonds is 8. The Balaban J connectivity index is 1.78. The Kier molecular flexibility index (Phi) is 7.06. The molecule has 0 spiro atoms. The molecular weight excluding hydrogens is 312 g/mol. The number of carbonyl (C=O) groups is 2. The van der Waals surface area contributed by atoms with Gasteiger partial charge in [0.05, 0.1) is 25.2 Å². The van der Waals surface area contributed by atoms with Crippen LogP contribution < -0.4 is 4.74 Å². The van der Waals surface area contributed by atoms with Crippen molar-refractivity contribution in [1.29, 1.82) is 0 Å². The molecule has 0 unspecified atom stereocenters. The second kappa shape index (κ2) is 9.27. The number of hydrogen-bond donors (Lipinski definition) is 1. The van der Waals surface area contributed by atoms with Crippen LogP contribution in [0, 0.1) is 5.92 Å².